The van der Waals surface area contributed by atoms with Crippen molar-refractivity contribution in [3.63, 3.8) is 0 Å². The highest BCUT2D eigenvalue weighted by atomic mass is 79.9. The Bertz CT molecular complexity index is 442. The molecule has 0 aromatic carbocycles. The Balaban J connectivity index is 1.56. The van der Waals surface area contributed by atoms with Crippen LogP contribution in [0, 0.1) is 0 Å². The summed E-state index contributed by atoms with van der Waals surface area (Å²) in [4.78, 5) is 6.77. The van der Waals surface area contributed by atoms with Gasteiger partial charge < -0.3 is 5.73 Å². The van der Waals surface area contributed by atoms with E-state index in [-0.39, 0.29) is 0 Å². The van der Waals surface area contributed by atoms with Crippen molar-refractivity contribution in [2.75, 3.05) is 26.2 Å². The molecule has 0 aliphatic carbocycles. The average molecular weight is 358 g/mol. The largest absolute Gasteiger partial charge is 0.328 e. The van der Waals surface area contributed by atoms with Gasteiger partial charge in [0, 0.05) is 36.1 Å². The molecule has 5 heteroatoms. The van der Waals surface area contributed by atoms with Crippen molar-refractivity contribution in [3.05, 3.63) is 20.8 Å². The van der Waals surface area contributed by atoms with Gasteiger partial charge in [0.1, 0.15) is 0 Å². The van der Waals surface area contributed by atoms with E-state index in [2.05, 4.69) is 44.8 Å². The Labute approximate surface area is 134 Å². The topological polar surface area (TPSA) is 32.5 Å². The van der Waals surface area contributed by atoms with E-state index < -0.39 is 0 Å². The highest BCUT2D eigenvalue weighted by Crippen LogP contribution is 2.33. The zero-order chi connectivity index (χ0) is 14.1. The molecule has 20 heavy (non-hydrogen) atoms. The van der Waals surface area contributed by atoms with Crippen LogP contribution in [0.5, 0.6) is 0 Å². The SMILES string of the molecule is CC(c1ccc(Br)s1)N1CCC(N2CCC(N)CC2)C1. The number of thiophene rings is 1. The molecule has 112 valence electrons. The van der Waals surface area contributed by atoms with E-state index in [1.165, 1.54) is 54.1 Å². The first-order chi connectivity index (χ1) is 9.63. The first kappa shape index (κ1) is 15.0. The molecule has 2 unspecified atom stereocenters. The summed E-state index contributed by atoms with van der Waals surface area (Å²) in [5, 5.41) is 0. The molecule has 2 aliphatic heterocycles. The molecule has 3 nitrogen and oxygen atoms in total. The number of hydrogen-bond acceptors (Lipinski definition) is 4. The monoisotopic (exact) mass is 357 g/mol. The maximum Gasteiger partial charge on any atom is 0.0701 e. The van der Waals surface area contributed by atoms with E-state index in [0.717, 1.165) is 6.04 Å². The second-order valence-electron chi connectivity index (χ2n) is 6.13. The molecule has 2 fully saturated rings. The second kappa shape index (κ2) is 6.44. The fraction of sp³-hybridized carbons (Fsp3) is 0.733. The zero-order valence-electron chi connectivity index (χ0n) is 12.1. The van der Waals surface area contributed by atoms with Crippen molar-refractivity contribution >= 4 is 27.3 Å². The predicted octanol–water partition coefficient (Wildman–Crippen LogP) is 3.07. The fourth-order valence-corrected chi connectivity index (χ4v) is 4.95. The van der Waals surface area contributed by atoms with E-state index in [1.807, 2.05) is 11.3 Å². The lowest BCUT2D eigenvalue weighted by atomic mass is 10.0. The Morgan fingerprint density at radius 3 is 2.65 bits per heavy atom. The molecule has 1 aromatic heterocycles. The number of nitrogens with two attached hydrogens (primary N) is 1. The van der Waals surface area contributed by atoms with Gasteiger partial charge in [-0.05, 0) is 67.3 Å². The predicted molar refractivity (Wildman–Crippen MR) is 89.2 cm³/mol. The lowest BCUT2D eigenvalue weighted by Crippen LogP contribution is -2.46. The van der Waals surface area contributed by atoms with Gasteiger partial charge in [0.15, 0.2) is 0 Å². The van der Waals surface area contributed by atoms with Crippen LogP contribution in [0.15, 0.2) is 15.9 Å². The number of rotatable bonds is 3. The van der Waals surface area contributed by atoms with Crippen LogP contribution in [-0.4, -0.2) is 48.1 Å². The Kier molecular flexibility index (Phi) is 4.82. The van der Waals surface area contributed by atoms with Gasteiger partial charge in [-0.1, -0.05) is 0 Å². The van der Waals surface area contributed by atoms with Gasteiger partial charge in [-0.2, -0.15) is 0 Å². The van der Waals surface area contributed by atoms with Crippen LogP contribution in [0.2, 0.25) is 0 Å². The molecule has 1 aromatic rings. The molecule has 2 saturated heterocycles. The third-order valence-corrected chi connectivity index (χ3v) is 6.63. The Hall–Kier alpha value is 0.0600. The molecule has 0 amide bonds. The van der Waals surface area contributed by atoms with Gasteiger partial charge in [-0.15, -0.1) is 11.3 Å². The molecule has 0 saturated carbocycles. The molecule has 3 rings (SSSR count). The number of hydrogen-bond donors (Lipinski definition) is 1. The van der Waals surface area contributed by atoms with Crippen LogP contribution in [0.25, 0.3) is 0 Å². The first-order valence-electron chi connectivity index (χ1n) is 7.62. The molecule has 0 radical (unpaired) electrons. The van der Waals surface area contributed by atoms with Gasteiger partial charge in [0.25, 0.3) is 0 Å². The standard InChI is InChI=1S/C15H24BrN3S/c1-11(14-2-3-15(16)20-14)19-9-6-13(10-19)18-7-4-12(17)5-8-18/h2-3,11-13H,4-10,17H2,1H3. The third-order valence-electron chi connectivity index (χ3n) is 4.84. The minimum absolute atomic E-state index is 0.436. The smallest absolute Gasteiger partial charge is 0.0701 e. The summed E-state index contributed by atoms with van der Waals surface area (Å²) in [6.45, 7) is 7.17. The molecular formula is C15H24BrN3S. The minimum Gasteiger partial charge on any atom is -0.328 e. The van der Waals surface area contributed by atoms with E-state index in [9.17, 15) is 0 Å². The number of piperidine rings is 1. The summed E-state index contributed by atoms with van der Waals surface area (Å²) >= 11 is 5.43. The second-order valence-corrected chi connectivity index (χ2v) is 8.62. The summed E-state index contributed by atoms with van der Waals surface area (Å²) < 4.78 is 1.24. The van der Waals surface area contributed by atoms with Crippen LogP contribution in [-0.2, 0) is 0 Å². The van der Waals surface area contributed by atoms with Crippen LogP contribution in [0.3, 0.4) is 0 Å². The lowest BCUT2D eigenvalue weighted by Gasteiger charge is -2.35. The van der Waals surface area contributed by atoms with Crippen molar-refractivity contribution in [3.8, 4) is 0 Å². The van der Waals surface area contributed by atoms with E-state index >= 15 is 0 Å². The number of likely N-dealkylation sites (tertiary alicyclic amines) is 2. The van der Waals surface area contributed by atoms with Crippen LogP contribution >= 0.6 is 27.3 Å². The number of halogens is 1. The maximum absolute atomic E-state index is 6.01. The van der Waals surface area contributed by atoms with Crippen molar-refractivity contribution < 1.29 is 0 Å². The Morgan fingerprint density at radius 2 is 2.00 bits per heavy atom. The van der Waals surface area contributed by atoms with Crippen molar-refractivity contribution in [1.82, 2.24) is 9.80 Å². The van der Waals surface area contributed by atoms with Crippen LogP contribution < -0.4 is 5.73 Å². The molecule has 3 heterocycles. The van der Waals surface area contributed by atoms with Gasteiger partial charge in [0.2, 0.25) is 0 Å². The van der Waals surface area contributed by atoms with Gasteiger partial charge in [0.05, 0.1) is 3.79 Å². The Morgan fingerprint density at radius 1 is 1.25 bits per heavy atom. The van der Waals surface area contributed by atoms with Gasteiger partial charge >= 0.3 is 0 Å². The summed E-state index contributed by atoms with van der Waals surface area (Å²) in [7, 11) is 0. The maximum atomic E-state index is 6.01. The summed E-state index contributed by atoms with van der Waals surface area (Å²) in [5.41, 5.74) is 6.01. The van der Waals surface area contributed by atoms with Crippen molar-refractivity contribution in [2.45, 2.75) is 44.3 Å². The normalized spacial score (nSPS) is 28.1. The highest BCUT2D eigenvalue weighted by molar-refractivity contribution is 9.11. The quantitative estimate of drug-likeness (QED) is 0.901. The minimum atomic E-state index is 0.436. The van der Waals surface area contributed by atoms with Crippen molar-refractivity contribution in [2.24, 2.45) is 5.73 Å². The lowest BCUT2D eigenvalue weighted by molar-refractivity contribution is 0.146. The van der Waals surface area contributed by atoms with Crippen molar-refractivity contribution in [1.29, 1.82) is 0 Å². The highest BCUT2D eigenvalue weighted by Gasteiger charge is 2.32. The summed E-state index contributed by atoms with van der Waals surface area (Å²) in [6, 6.07) is 6.14. The third kappa shape index (κ3) is 3.28. The summed E-state index contributed by atoms with van der Waals surface area (Å²) in [6.07, 6.45) is 3.65. The summed E-state index contributed by atoms with van der Waals surface area (Å²) in [5.74, 6) is 0. The van der Waals surface area contributed by atoms with Gasteiger partial charge in [-0.25, -0.2) is 0 Å². The van der Waals surface area contributed by atoms with Crippen LogP contribution in [0.4, 0.5) is 0 Å². The fourth-order valence-electron chi connectivity index (χ4n) is 3.44. The average Bonchev–Trinajstić information content (AvgIpc) is 3.08. The first-order valence-corrected chi connectivity index (χ1v) is 9.23. The van der Waals surface area contributed by atoms with Crippen LogP contribution in [0.1, 0.15) is 37.1 Å². The molecule has 2 aliphatic rings. The molecule has 2 atom stereocenters. The molecule has 0 bridgehead atoms. The zero-order valence-corrected chi connectivity index (χ0v) is 14.5. The number of nitrogens with zero attached hydrogens (tertiary/aromatic N) is 2. The molecular weight excluding hydrogens is 334 g/mol. The van der Waals surface area contributed by atoms with E-state index in [4.69, 9.17) is 5.73 Å². The van der Waals surface area contributed by atoms with E-state index in [1.54, 1.807) is 0 Å². The molecule has 2 N–H and O–H groups in total. The van der Waals surface area contributed by atoms with E-state index in [0.29, 0.717) is 12.1 Å². The van der Waals surface area contributed by atoms with Gasteiger partial charge in [-0.3, -0.25) is 9.80 Å². The molecule has 0 spiro atoms.